The van der Waals surface area contributed by atoms with Gasteiger partial charge in [-0.25, -0.2) is 0 Å². The van der Waals surface area contributed by atoms with Crippen LogP contribution in [0.5, 0.6) is 0 Å². The van der Waals surface area contributed by atoms with E-state index in [9.17, 15) is 18.4 Å². The van der Waals surface area contributed by atoms with Gasteiger partial charge in [0.15, 0.2) is 6.04 Å². The molecule has 0 radical (unpaired) electrons. The summed E-state index contributed by atoms with van der Waals surface area (Å²) in [5.74, 6) is 0.652. The van der Waals surface area contributed by atoms with Gasteiger partial charge in [0.2, 0.25) is 5.69 Å². The lowest BCUT2D eigenvalue weighted by atomic mass is 10.1. The minimum absolute atomic E-state index is 0. The van der Waals surface area contributed by atoms with Crippen molar-refractivity contribution in [2.45, 2.75) is 17.2 Å². The van der Waals surface area contributed by atoms with Crippen LogP contribution in [0.3, 0.4) is 0 Å². The van der Waals surface area contributed by atoms with E-state index in [2.05, 4.69) is 15.9 Å². The summed E-state index contributed by atoms with van der Waals surface area (Å²) in [4.78, 5) is 0.768. The SMILES string of the molecule is N#Cc1c(C(F)(F)F)cc(-c2cccs2)[n+]2c1SCC2CBr.[Br-]. The predicted molar refractivity (Wildman–Crippen MR) is 83.2 cm³/mol. The smallest absolute Gasteiger partial charge is 0.418 e. The summed E-state index contributed by atoms with van der Waals surface area (Å²) < 4.78 is 41.8. The molecule has 0 spiro atoms. The second kappa shape index (κ2) is 7.13. The maximum absolute atomic E-state index is 13.3. The summed E-state index contributed by atoms with van der Waals surface area (Å²) in [5.41, 5.74) is -0.612. The maximum atomic E-state index is 13.3. The van der Waals surface area contributed by atoms with Crippen molar-refractivity contribution in [3.8, 4) is 16.6 Å². The van der Waals surface area contributed by atoms with Gasteiger partial charge in [-0.15, -0.1) is 11.3 Å². The third kappa shape index (κ3) is 3.31. The molecule has 0 bridgehead atoms. The molecular formula is C14H9Br2F3N2S2. The van der Waals surface area contributed by atoms with Gasteiger partial charge >= 0.3 is 6.18 Å². The average Bonchev–Trinajstić information content (AvgIpc) is 3.13. The van der Waals surface area contributed by atoms with Gasteiger partial charge < -0.3 is 17.0 Å². The predicted octanol–water partition coefficient (Wildman–Crippen LogP) is 1.64. The summed E-state index contributed by atoms with van der Waals surface area (Å²) in [5, 5.41) is 12.1. The number of rotatable bonds is 2. The van der Waals surface area contributed by atoms with Crippen LogP contribution in [0.1, 0.15) is 17.2 Å². The fraction of sp³-hybridized carbons (Fsp3) is 0.286. The average molecular weight is 486 g/mol. The highest BCUT2D eigenvalue weighted by atomic mass is 79.9. The van der Waals surface area contributed by atoms with Crippen molar-refractivity contribution in [3.05, 3.63) is 34.7 Å². The highest BCUT2D eigenvalue weighted by Gasteiger charge is 2.44. The molecule has 23 heavy (non-hydrogen) atoms. The first-order valence-corrected chi connectivity index (χ1v) is 9.28. The molecule has 0 fully saturated rings. The summed E-state index contributed by atoms with van der Waals surface area (Å²) in [6, 6.07) is 6.49. The molecule has 0 N–H and O–H groups in total. The standard InChI is InChI=1S/C14H9BrF3N2S2.BrH/c15-5-8-7-22-13-9(6-19)10(14(16,17)18)4-11(20(8)13)12-2-1-3-21-12;/h1-4,8H,5,7H2;1H/q+1;/p-1. The molecule has 1 aliphatic rings. The van der Waals surface area contributed by atoms with E-state index in [0.29, 0.717) is 21.8 Å². The Kier molecular flexibility index (Phi) is 5.82. The zero-order chi connectivity index (χ0) is 15.9. The second-order valence-electron chi connectivity index (χ2n) is 4.70. The molecule has 1 aliphatic heterocycles. The fourth-order valence-corrected chi connectivity index (χ4v) is 5.30. The quantitative estimate of drug-likeness (QED) is 0.477. The molecule has 0 saturated carbocycles. The van der Waals surface area contributed by atoms with Gasteiger partial charge in [-0.1, -0.05) is 22.0 Å². The first-order chi connectivity index (χ1) is 10.5. The van der Waals surface area contributed by atoms with Gasteiger partial charge in [0.25, 0.3) is 5.03 Å². The fourth-order valence-electron chi connectivity index (χ4n) is 2.44. The third-order valence-electron chi connectivity index (χ3n) is 3.39. The highest BCUT2D eigenvalue weighted by Crippen LogP contribution is 2.41. The largest absolute Gasteiger partial charge is 1.00 e. The Morgan fingerprint density at radius 3 is 2.70 bits per heavy atom. The van der Waals surface area contributed by atoms with E-state index in [4.69, 9.17) is 0 Å². The minimum atomic E-state index is -4.54. The number of pyridine rings is 1. The van der Waals surface area contributed by atoms with Crippen molar-refractivity contribution in [1.82, 2.24) is 0 Å². The number of aromatic nitrogens is 1. The molecule has 2 aromatic rings. The Labute approximate surface area is 158 Å². The summed E-state index contributed by atoms with van der Waals surface area (Å²) in [7, 11) is 0. The molecule has 0 aromatic carbocycles. The van der Waals surface area contributed by atoms with E-state index in [1.54, 1.807) is 12.1 Å². The van der Waals surface area contributed by atoms with Crippen molar-refractivity contribution in [1.29, 1.82) is 5.26 Å². The van der Waals surface area contributed by atoms with Gasteiger partial charge in [0.1, 0.15) is 11.6 Å². The molecule has 3 heterocycles. The van der Waals surface area contributed by atoms with E-state index in [1.165, 1.54) is 23.1 Å². The third-order valence-corrected chi connectivity index (χ3v) is 6.25. The topological polar surface area (TPSA) is 27.7 Å². The molecule has 3 rings (SSSR count). The number of hydrogen-bond donors (Lipinski definition) is 0. The number of thioether (sulfide) groups is 1. The lowest BCUT2D eigenvalue weighted by molar-refractivity contribution is -0.733. The van der Waals surface area contributed by atoms with Gasteiger partial charge in [0.05, 0.1) is 21.5 Å². The van der Waals surface area contributed by atoms with Crippen LogP contribution in [-0.2, 0) is 6.18 Å². The Morgan fingerprint density at radius 1 is 1.43 bits per heavy atom. The zero-order valence-corrected chi connectivity index (χ0v) is 16.2. The van der Waals surface area contributed by atoms with E-state index in [-0.39, 0.29) is 28.6 Å². The van der Waals surface area contributed by atoms with Crippen molar-refractivity contribution in [2.75, 3.05) is 11.1 Å². The Hall–Kier alpha value is -0.560. The van der Waals surface area contributed by atoms with Crippen LogP contribution in [-0.4, -0.2) is 11.1 Å². The lowest BCUT2D eigenvalue weighted by Gasteiger charge is -2.12. The zero-order valence-electron chi connectivity index (χ0n) is 11.4. The minimum Gasteiger partial charge on any atom is -1.00 e. The first kappa shape index (κ1) is 18.8. The van der Waals surface area contributed by atoms with E-state index < -0.39 is 11.7 Å². The summed E-state index contributed by atoms with van der Waals surface area (Å²) in [6.07, 6.45) is -4.54. The van der Waals surface area contributed by atoms with Gasteiger partial charge in [-0.2, -0.15) is 23.0 Å². The van der Waals surface area contributed by atoms with Crippen LogP contribution in [0.4, 0.5) is 13.2 Å². The van der Waals surface area contributed by atoms with Crippen LogP contribution in [0, 0.1) is 11.3 Å². The van der Waals surface area contributed by atoms with Crippen molar-refractivity contribution >= 4 is 39.0 Å². The van der Waals surface area contributed by atoms with Gasteiger partial charge in [-0.3, -0.25) is 0 Å². The Balaban J connectivity index is 0.00000192. The molecule has 2 nitrogen and oxygen atoms in total. The Bertz CT molecular complexity index is 755. The van der Waals surface area contributed by atoms with Crippen molar-refractivity contribution in [3.63, 3.8) is 0 Å². The summed E-state index contributed by atoms with van der Waals surface area (Å²) >= 11 is 6.11. The van der Waals surface area contributed by atoms with E-state index in [1.807, 2.05) is 16.0 Å². The van der Waals surface area contributed by atoms with Crippen LogP contribution >= 0.6 is 39.0 Å². The lowest BCUT2D eigenvalue weighted by Crippen LogP contribution is -3.00. The molecule has 0 aliphatic carbocycles. The molecule has 0 amide bonds. The normalized spacial score (nSPS) is 16.6. The monoisotopic (exact) mass is 484 g/mol. The molecule has 1 unspecified atom stereocenters. The van der Waals surface area contributed by atoms with E-state index >= 15 is 0 Å². The first-order valence-electron chi connectivity index (χ1n) is 6.30. The number of nitrogens with zero attached hydrogens (tertiary/aromatic N) is 2. The van der Waals surface area contributed by atoms with Gasteiger partial charge in [-0.05, 0) is 23.2 Å². The van der Waals surface area contributed by atoms with Crippen molar-refractivity contribution < 1.29 is 34.7 Å². The van der Waals surface area contributed by atoms with Crippen LogP contribution in [0.25, 0.3) is 10.6 Å². The van der Waals surface area contributed by atoms with Crippen LogP contribution in [0.15, 0.2) is 28.6 Å². The number of halogens is 5. The summed E-state index contributed by atoms with van der Waals surface area (Å²) in [6.45, 7) is 0. The molecule has 1 atom stereocenters. The van der Waals surface area contributed by atoms with Crippen LogP contribution < -0.4 is 21.5 Å². The number of alkyl halides is 4. The van der Waals surface area contributed by atoms with Crippen LogP contribution in [0.2, 0.25) is 0 Å². The second-order valence-corrected chi connectivity index (χ2v) is 7.30. The van der Waals surface area contributed by atoms with Gasteiger partial charge in [0, 0.05) is 6.07 Å². The molecular weight excluding hydrogens is 477 g/mol. The molecule has 2 aromatic heterocycles. The Morgan fingerprint density at radius 2 is 2.17 bits per heavy atom. The number of nitriles is 1. The number of hydrogen-bond acceptors (Lipinski definition) is 3. The van der Waals surface area contributed by atoms with E-state index in [0.717, 1.165) is 10.9 Å². The maximum Gasteiger partial charge on any atom is 0.418 e. The molecule has 0 saturated heterocycles. The number of thiophene rings is 1. The molecule has 122 valence electrons. The molecule has 9 heteroatoms. The van der Waals surface area contributed by atoms with Crippen molar-refractivity contribution in [2.24, 2.45) is 0 Å². The highest BCUT2D eigenvalue weighted by molar-refractivity contribution is 9.09. The number of fused-ring (bicyclic) bond motifs is 1.